The van der Waals surface area contributed by atoms with Crippen LogP contribution < -0.4 is 24.8 Å². The Morgan fingerprint density at radius 2 is 1.85 bits per heavy atom. The minimum atomic E-state index is -0.406. The van der Waals surface area contributed by atoms with Gasteiger partial charge in [0.2, 0.25) is 12.7 Å². The monoisotopic (exact) mass is 457 g/mol. The van der Waals surface area contributed by atoms with Crippen LogP contribution in [-0.4, -0.2) is 37.4 Å². The predicted octanol–water partition coefficient (Wildman–Crippen LogP) is 4.65. The van der Waals surface area contributed by atoms with E-state index in [0.29, 0.717) is 23.7 Å². The van der Waals surface area contributed by atoms with Crippen molar-refractivity contribution in [2.24, 2.45) is 0 Å². The summed E-state index contributed by atoms with van der Waals surface area (Å²) in [4.78, 5) is 16.2. The van der Waals surface area contributed by atoms with Crippen molar-refractivity contribution in [3.63, 3.8) is 0 Å². The molecular weight excluding hydrogens is 430 g/mol. The van der Waals surface area contributed by atoms with E-state index in [1.807, 2.05) is 37.3 Å². The van der Waals surface area contributed by atoms with E-state index in [0.717, 1.165) is 16.8 Å². The molecule has 0 unspecified atom stereocenters. The van der Waals surface area contributed by atoms with Gasteiger partial charge in [-0.1, -0.05) is 30.3 Å². The number of H-pyrrole nitrogens is 1. The molecule has 1 amide bonds. The normalized spacial score (nSPS) is 14.1. The molecule has 0 fully saturated rings. The number of fused-ring (bicyclic) bond motifs is 2. The molecule has 4 aromatic rings. The number of benzene rings is 3. The zero-order valence-electron chi connectivity index (χ0n) is 19.1. The molecule has 2 atom stereocenters. The molecule has 1 aliphatic heterocycles. The van der Waals surface area contributed by atoms with Gasteiger partial charge in [0.05, 0.1) is 13.2 Å². The number of carbonyl (C=O) groups excluding carboxylic acids is 1. The predicted molar refractivity (Wildman–Crippen MR) is 132 cm³/mol. The van der Waals surface area contributed by atoms with Gasteiger partial charge in [0, 0.05) is 41.3 Å². The Kier molecular flexibility index (Phi) is 6.10. The Morgan fingerprint density at radius 1 is 1.06 bits per heavy atom. The SMILES string of the molecule is COc1ccc([C@@H](CN[C@H](C)C(=O)Nc2ccc3c(c2)OCO3)c2c[nH]c3ccccc23)cc1. The zero-order valence-corrected chi connectivity index (χ0v) is 19.1. The lowest BCUT2D eigenvalue weighted by molar-refractivity contribution is -0.117. The van der Waals surface area contributed by atoms with Gasteiger partial charge >= 0.3 is 0 Å². The second-order valence-corrected chi connectivity index (χ2v) is 8.30. The number of nitrogens with one attached hydrogen (secondary N) is 3. The first-order chi connectivity index (χ1) is 16.6. The van der Waals surface area contributed by atoms with Crippen molar-refractivity contribution in [3.05, 3.63) is 84.1 Å². The van der Waals surface area contributed by atoms with E-state index in [2.05, 4.69) is 46.1 Å². The van der Waals surface area contributed by atoms with Gasteiger partial charge < -0.3 is 29.8 Å². The number of rotatable bonds is 8. The number of amides is 1. The van der Waals surface area contributed by atoms with Crippen molar-refractivity contribution in [1.82, 2.24) is 10.3 Å². The van der Waals surface area contributed by atoms with Crippen LogP contribution in [-0.2, 0) is 4.79 Å². The summed E-state index contributed by atoms with van der Waals surface area (Å²) in [5, 5.41) is 7.55. The maximum absolute atomic E-state index is 12.9. The summed E-state index contributed by atoms with van der Waals surface area (Å²) in [6.07, 6.45) is 2.05. The molecule has 3 aromatic carbocycles. The van der Waals surface area contributed by atoms with E-state index >= 15 is 0 Å². The van der Waals surface area contributed by atoms with Gasteiger partial charge in [0.15, 0.2) is 11.5 Å². The van der Waals surface area contributed by atoms with Gasteiger partial charge in [0.25, 0.3) is 0 Å². The molecule has 0 bridgehead atoms. The number of carbonyl (C=O) groups is 1. The number of para-hydroxylation sites is 1. The highest BCUT2D eigenvalue weighted by Gasteiger charge is 2.22. The number of aromatic amines is 1. The maximum Gasteiger partial charge on any atom is 0.241 e. The lowest BCUT2D eigenvalue weighted by Gasteiger charge is -2.21. The molecule has 1 aromatic heterocycles. The highest BCUT2D eigenvalue weighted by molar-refractivity contribution is 5.95. The number of anilines is 1. The van der Waals surface area contributed by atoms with Crippen molar-refractivity contribution < 1.29 is 19.0 Å². The summed E-state index contributed by atoms with van der Waals surface area (Å²) >= 11 is 0. The Labute approximate surface area is 198 Å². The second kappa shape index (κ2) is 9.49. The first kappa shape index (κ1) is 21.9. The number of methoxy groups -OCH3 is 1. The number of aromatic nitrogens is 1. The molecule has 34 heavy (non-hydrogen) atoms. The summed E-state index contributed by atoms with van der Waals surface area (Å²) in [7, 11) is 1.66. The van der Waals surface area contributed by atoms with Crippen LogP contribution in [0, 0.1) is 0 Å². The van der Waals surface area contributed by atoms with Gasteiger partial charge in [-0.25, -0.2) is 0 Å². The first-order valence-electron chi connectivity index (χ1n) is 11.3. The van der Waals surface area contributed by atoms with E-state index in [1.165, 1.54) is 10.9 Å². The van der Waals surface area contributed by atoms with Crippen LogP contribution in [0.2, 0.25) is 0 Å². The standard InChI is InChI=1S/C27H27N3O4/c1-17(27(31)30-19-9-12-25-26(13-19)34-16-33-25)28-14-22(18-7-10-20(32-2)11-8-18)23-15-29-24-6-4-3-5-21(23)24/h3-13,15,17,22,28-29H,14,16H2,1-2H3,(H,30,31)/t17-,22-/m1/s1. The molecule has 7 heteroatoms. The van der Waals surface area contributed by atoms with Crippen molar-refractivity contribution in [1.29, 1.82) is 0 Å². The van der Waals surface area contributed by atoms with Gasteiger partial charge in [0.1, 0.15) is 5.75 Å². The number of ether oxygens (including phenoxy) is 3. The third-order valence-electron chi connectivity index (χ3n) is 6.18. The molecule has 0 aliphatic carbocycles. The van der Waals surface area contributed by atoms with Crippen LogP contribution >= 0.6 is 0 Å². The number of hydrogen-bond acceptors (Lipinski definition) is 5. The lowest BCUT2D eigenvalue weighted by Crippen LogP contribution is -2.40. The van der Waals surface area contributed by atoms with Crippen molar-refractivity contribution >= 4 is 22.5 Å². The first-order valence-corrected chi connectivity index (χ1v) is 11.3. The maximum atomic E-state index is 12.9. The molecular formula is C27H27N3O4. The molecule has 2 heterocycles. The smallest absolute Gasteiger partial charge is 0.241 e. The van der Waals surface area contributed by atoms with E-state index in [1.54, 1.807) is 19.2 Å². The Balaban J connectivity index is 1.33. The molecule has 174 valence electrons. The fraction of sp³-hybridized carbons (Fsp3) is 0.222. The van der Waals surface area contributed by atoms with Crippen molar-refractivity contribution in [3.8, 4) is 17.2 Å². The van der Waals surface area contributed by atoms with Gasteiger partial charge in [-0.05, 0) is 48.4 Å². The number of hydrogen-bond donors (Lipinski definition) is 3. The fourth-order valence-corrected chi connectivity index (χ4v) is 4.24. The molecule has 5 rings (SSSR count). The second-order valence-electron chi connectivity index (χ2n) is 8.30. The van der Waals surface area contributed by atoms with Crippen LogP contribution in [0.15, 0.2) is 72.9 Å². The van der Waals surface area contributed by atoms with Crippen LogP contribution in [0.4, 0.5) is 5.69 Å². The zero-order chi connectivity index (χ0) is 23.5. The summed E-state index contributed by atoms with van der Waals surface area (Å²) in [6.45, 7) is 2.65. The summed E-state index contributed by atoms with van der Waals surface area (Å²) in [5.74, 6) is 2.06. The average Bonchev–Trinajstić information content (AvgIpc) is 3.51. The quantitative estimate of drug-likeness (QED) is 0.359. The topological polar surface area (TPSA) is 84.6 Å². The molecule has 0 saturated carbocycles. The minimum absolute atomic E-state index is 0.0443. The summed E-state index contributed by atoms with van der Waals surface area (Å²) in [6, 6.07) is 21.3. The lowest BCUT2D eigenvalue weighted by atomic mass is 9.90. The highest BCUT2D eigenvalue weighted by atomic mass is 16.7. The summed E-state index contributed by atoms with van der Waals surface area (Å²) in [5.41, 5.74) is 4.08. The molecule has 0 radical (unpaired) electrons. The largest absolute Gasteiger partial charge is 0.497 e. The molecule has 0 saturated heterocycles. The van der Waals surface area contributed by atoms with Crippen molar-refractivity contribution in [2.75, 3.05) is 25.8 Å². The van der Waals surface area contributed by atoms with Crippen LogP contribution in [0.3, 0.4) is 0 Å². The van der Waals surface area contributed by atoms with Gasteiger partial charge in [-0.2, -0.15) is 0 Å². The Hall–Kier alpha value is -3.97. The highest BCUT2D eigenvalue weighted by Crippen LogP contribution is 2.34. The molecule has 7 nitrogen and oxygen atoms in total. The van der Waals surface area contributed by atoms with E-state index in [4.69, 9.17) is 14.2 Å². The molecule has 3 N–H and O–H groups in total. The third-order valence-corrected chi connectivity index (χ3v) is 6.18. The minimum Gasteiger partial charge on any atom is -0.497 e. The Morgan fingerprint density at radius 3 is 2.68 bits per heavy atom. The van der Waals surface area contributed by atoms with E-state index in [9.17, 15) is 4.79 Å². The average molecular weight is 458 g/mol. The van der Waals surface area contributed by atoms with E-state index < -0.39 is 6.04 Å². The van der Waals surface area contributed by atoms with Crippen molar-refractivity contribution in [2.45, 2.75) is 18.9 Å². The van der Waals surface area contributed by atoms with Crippen LogP contribution in [0.25, 0.3) is 10.9 Å². The molecule has 0 spiro atoms. The third kappa shape index (κ3) is 4.43. The fourth-order valence-electron chi connectivity index (χ4n) is 4.24. The van der Waals surface area contributed by atoms with E-state index in [-0.39, 0.29) is 18.6 Å². The van der Waals surface area contributed by atoms with Crippen LogP contribution in [0.5, 0.6) is 17.2 Å². The van der Waals surface area contributed by atoms with Crippen LogP contribution in [0.1, 0.15) is 24.0 Å². The Bertz CT molecular complexity index is 1300. The molecule has 1 aliphatic rings. The van der Waals surface area contributed by atoms with Gasteiger partial charge in [-0.15, -0.1) is 0 Å². The van der Waals surface area contributed by atoms with Gasteiger partial charge in [-0.3, -0.25) is 4.79 Å². The summed E-state index contributed by atoms with van der Waals surface area (Å²) < 4.78 is 16.1.